The first-order valence-corrected chi connectivity index (χ1v) is 12.0. The van der Waals surface area contributed by atoms with Crippen LogP contribution < -0.4 is 19.9 Å². The predicted molar refractivity (Wildman–Crippen MR) is 135 cm³/mol. The van der Waals surface area contributed by atoms with Crippen molar-refractivity contribution in [3.63, 3.8) is 0 Å². The van der Waals surface area contributed by atoms with E-state index in [1.807, 2.05) is 18.2 Å². The number of aromatic nitrogens is 2. The standard InChI is InChI=1S/C25H29N5O2S/c1-18-6-4-9-22(19(18)2)29-12-14-30(15-13-29)24-25(27-11-10-26-24)33-17-23(31)28-20-7-5-8-21(16-20)32-3/h4-11,16H,12-15,17H2,1-3H3,(H,28,31). The quantitative estimate of drug-likeness (QED) is 0.528. The van der Waals surface area contributed by atoms with Gasteiger partial charge < -0.3 is 19.9 Å². The minimum atomic E-state index is -0.0930. The Bertz CT molecular complexity index is 1120. The Labute approximate surface area is 199 Å². The number of nitrogens with one attached hydrogen (secondary N) is 1. The van der Waals surface area contributed by atoms with Crippen molar-refractivity contribution in [2.75, 3.05) is 54.2 Å². The average molecular weight is 464 g/mol. The molecule has 0 bridgehead atoms. The molecule has 7 nitrogen and oxygen atoms in total. The Kier molecular flexibility index (Phi) is 7.34. The van der Waals surface area contributed by atoms with Crippen LogP contribution in [-0.4, -0.2) is 54.9 Å². The molecule has 172 valence electrons. The van der Waals surface area contributed by atoms with Crippen molar-refractivity contribution in [3.05, 3.63) is 66.0 Å². The molecule has 8 heteroatoms. The van der Waals surface area contributed by atoms with E-state index in [1.54, 1.807) is 25.6 Å². The van der Waals surface area contributed by atoms with E-state index in [0.717, 1.165) is 37.0 Å². The molecule has 3 aromatic rings. The molecule has 4 rings (SSSR count). The summed E-state index contributed by atoms with van der Waals surface area (Å²) in [6, 6.07) is 13.8. The fourth-order valence-corrected chi connectivity index (χ4v) is 4.69. The minimum Gasteiger partial charge on any atom is -0.497 e. The lowest BCUT2D eigenvalue weighted by atomic mass is 10.1. The molecular formula is C25H29N5O2S. The summed E-state index contributed by atoms with van der Waals surface area (Å²) in [6.45, 7) is 7.89. The van der Waals surface area contributed by atoms with Crippen molar-refractivity contribution < 1.29 is 9.53 Å². The normalized spacial score (nSPS) is 13.7. The highest BCUT2D eigenvalue weighted by atomic mass is 32.2. The smallest absolute Gasteiger partial charge is 0.234 e. The summed E-state index contributed by atoms with van der Waals surface area (Å²) >= 11 is 1.41. The molecule has 0 unspecified atom stereocenters. The molecule has 1 aliphatic heterocycles. The van der Waals surface area contributed by atoms with Crippen LogP contribution in [-0.2, 0) is 4.79 Å². The van der Waals surface area contributed by atoms with E-state index in [1.165, 1.54) is 28.6 Å². The molecule has 1 saturated heterocycles. The van der Waals surface area contributed by atoms with Crippen LogP contribution in [0.3, 0.4) is 0 Å². The van der Waals surface area contributed by atoms with Gasteiger partial charge in [-0.1, -0.05) is 30.0 Å². The Morgan fingerprint density at radius 2 is 1.76 bits per heavy atom. The monoisotopic (exact) mass is 463 g/mol. The second-order valence-electron chi connectivity index (χ2n) is 7.95. The second-order valence-corrected chi connectivity index (χ2v) is 8.91. The van der Waals surface area contributed by atoms with Crippen LogP contribution in [0.5, 0.6) is 5.75 Å². The van der Waals surface area contributed by atoms with Crippen molar-refractivity contribution in [2.45, 2.75) is 18.9 Å². The number of amides is 1. The van der Waals surface area contributed by atoms with E-state index in [2.05, 4.69) is 57.1 Å². The highest BCUT2D eigenvalue weighted by molar-refractivity contribution is 8.00. The van der Waals surface area contributed by atoms with Crippen molar-refractivity contribution in [1.82, 2.24) is 9.97 Å². The van der Waals surface area contributed by atoms with E-state index in [4.69, 9.17) is 4.74 Å². The first kappa shape index (κ1) is 22.9. The Morgan fingerprint density at radius 3 is 2.55 bits per heavy atom. The molecule has 0 radical (unpaired) electrons. The van der Waals surface area contributed by atoms with Gasteiger partial charge >= 0.3 is 0 Å². The van der Waals surface area contributed by atoms with Gasteiger partial charge in [0.2, 0.25) is 5.91 Å². The lowest BCUT2D eigenvalue weighted by Crippen LogP contribution is -2.47. The Balaban J connectivity index is 1.37. The van der Waals surface area contributed by atoms with E-state index < -0.39 is 0 Å². The minimum absolute atomic E-state index is 0.0930. The zero-order chi connectivity index (χ0) is 23.2. The molecule has 1 N–H and O–H groups in total. The number of anilines is 3. The first-order chi connectivity index (χ1) is 16.0. The van der Waals surface area contributed by atoms with Crippen LogP contribution in [0.25, 0.3) is 0 Å². The zero-order valence-electron chi connectivity index (χ0n) is 19.2. The first-order valence-electron chi connectivity index (χ1n) is 11.0. The van der Waals surface area contributed by atoms with Gasteiger partial charge in [-0.25, -0.2) is 9.97 Å². The van der Waals surface area contributed by atoms with Crippen molar-refractivity contribution in [3.8, 4) is 5.75 Å². The molecule has 2 heterocycles. The highest BCUT2D eigenvalue weighted by Gasteiger charge is 2.22. The number of carbonyl (C=O) groups is 1. The van der Waals surface area contributed by atoms with E-state index in [0.29, 0.717) is 11.4 Å². The number of hydrogen-bond donors (Lipinski definition) is 1. The van der Waals surface area contributed by atoms with Crippen LogP contribution in [0, 0.1) is 13.8 Å². The number of hydrogen-bond acceptors (Lipinski definition) is 7. The van der Waals surface area contributed by atoms with Crippen LogP contribution in [0.2, 0.25) is 0 Å². The number of aryl methyl sites for hydroxylation is 1. The fourth-order valence-electron chi connectivity index (χ4n) is 3.91. The SMILES string of the molecule is COc1cccc(NC(=O)CSc2nccnc2N2CCN(c3cccc(C)c3C)CC2)c1. The third-order valence-electron chi connectivity index (χ3n) is 5.84. The summed E-state index contributed by atoms with van der Waals surface area (Å²) in [4.78, 5) is 26.3. The lowest BCUT2D eigenvalue weighted by Gasteiger charge is -2.37. The predicted octanol–water partition coefficient (Wildman–Crippen LogP) is 4.16. The van der Waals surface area contributed by atoms with Gasteiger partial charge in [-0.2, -0.15) is 0 Å². The Hall–Kier alpha value is -3.26. The molecular weight excluding hydrogens is 434 g/mol. The summed E-state index contributed by atoms with van der Waals surface area (Å²) in [5.74, 6) is 1.71. The topological polar surface area (TPSA) is 70.6 Å². The van der Waals surface area contributed by atoms with E-state index in [-0.39, 0.29) is 11.7 Å². The fraction of sp³-hybridized carbons (Fsp3) is 0.320. The lowest BCUT2D eigenvalue weighted by molar-refractivity contribution is -0.113. The molecule has 1 aliphatic rings. The number of methoxy groups -OCH3 is 1. The number of thioether (sulfide) groups is 1. The number of carbonyl (C=O) groups excluding carboxylic acids is 1. The van der Waals surface area contributed by atoms with Gasteiger partial charge in [-0.3, -0.25) is 4.79 Å². The molecule has 0 saturated carbocycles. The van der Waals surface area contributed by atoms with Crippen LogP contribution in [0.1, 0.15) is 11.1 Å². The van der Waals surface area contributed by atoms with Crippen molar-refractivity contribution in [2.24, 2.45) is 0 Å². The molecule has 1 aromatic heterocycles. The van der Waals surface area contributed by atoms with E-state index >= 15 is 0 Å². The molecule has 0 atom stereocenters. The van der Waals surface area contributed by atoms with Gasteiger partial charge in [0.25, 0.3) is 0 Å². The summed E-state index contributed by atoms with van der Waals surface area (Å²) in [7, 11) is 1.61. The van der Waals surface area contributed by atoms with Crippen molar-refractivity contribution in [1.29, 1.82) is 0 Å². The molecule has 2 aromatic carbocycles. The maximum atomic E-state index is 12.5. The number of nitrogens with zero attached hydrogens (tertiary/aromatic N) is 4. The highest BCUT2D eigenvalue weighted by Crippen LogP contribution is 2.29. The average Bonchev–Trinajstić information content (AvgIpc) is 2.85. The third kappa shape index (κ3) is 5.57. The van der Waals surface area contributed by atoms with Crippen LogP contribution in [0.15, 0.2) is 59.9 Å². The third-order valence-corrected chi connectivity index (χ3v) is 6.80. The second kappa shape index (κ2) is 10.6. The van der Waals surface area contributed by atoms with Gasteiger partial charge in [0.05, 0.1) is 12.9 Å². The number of benzene rings is 2. The largest absolute Gasteiger partial charge is 0.497 e. The van der Waals surface area contributed by atoms with Gasteiger partial charge in [0.15, 0.2) is 5.82 Å². The molecule has 1 amide bonds. The maximum Gasteiger partial charge on any atom is 0.234 e. The summed E-state index contributed by atoms with van der Waals surface area (Å²) in [5.41, 5.74) is 4.66. The van der Waals surface area contributed by atoms with Gasteiger partial charge in [-0.05, 0) is 43.2 Å². The maximum absolute atomic E-state index is 12.5. The van der Waals surface area contributed by atoms with Gasteiger partial charge in [0, 0.05) is 56.0 Å². The number of rotatable bonds is 7. The van der Waals surface area contributed by atoms with Gasteiger partial charge in [-0.15, -0.1) is 0 Å². The number of ether oxygens (including phenoxy) is 1. The molecule has 0 aliphatic carbocycles. The summed E-state index contributed by atoms with van der Waals surface area (Å²) in [6.07, 6.45) is 3.39. The summed E-state index contributed by atoms with van der Waals surface area (Å²) in [5, 5.41) is 3.69. The molecule has 0 spiro atoms. The zero-order valence-corrected chi connectivity index (χ0v) is 20.1. The number of piperazine rings is 1. The van der Waals surface area contributed by atoms with Crippen LogP contribution in [0.4, 0.5) is 17.2 Å². The van der Waals surface area contributed by atoms with E-state index in [9.17, 15) is 4.79 Å². The molecule has 33 heavy (non-hydrogen) atoms. The summed E-state index contributed by atoms with van der Waals surface area (Å²) < 4.78 is 5.21. The Morgan fingerprint density at radius 1 is 1.03 bits per heavy atom. The van der Waals surface area contributed by atoms with Crippen LogP contribution >= 0.6 is 11.8 Å². The molecule has 1 fully saturated rings. The van der Waals surface area contributed by atoms with Gasteiger partial charge in [0.1, 0.15) is 10.8 Å². The van der Waals surface area contributed by atoms with Crippen molar-refractivity contribution >= 4 is 34.9 Å².